The summed E-state index contributed by atoms with van der Waals surface area (Å²) in [6, 6.07) is 14.9. The molecule has 0 unspecified atom stereocenters. The quantitative estimate of drug-likeness (QED) is 0.743. The smallest absolute Gasteiger partial charge is 0.128 e. The number of hydrogen-bond acceptors (Lipinski definition) is 3. The van der Waals surface area contributed by atoms with Gasteiger partial charge in [-0.1, -0.05) is 12.1 Å². The molecule has 2 aromatic heterocycles. The van der Waals surface area contributed by atoms with E-state index in [1.807, 2.05) is 29.2 Å². The molecular formula is C19H20N4. The Morgan fingerprint density at radius 2 is 1.87 bits per heavy atom. The van der Waals surface area contributed by atoms with Crippen molar-refractivity contribution >= 4 is 5.82 Å². The lowest BCUT2D eigenvalue weighted by molar-refractivity contribution is 0.519. The Morgan fingerprint density at radius 1 is 1.00 bits per heavy atom. The van der Waals surface area contributed by atoms with Gasteiger partial charge in [0.15, 0.2) is 0 Å². The fourth-order valence-corrected chi connectivity index (χ4v) is 3.12. The molecule has 23 heavy (non-hydrogen) atoms. The van der Waals surface area contributed by atoms with E-state index in [9.17, 15) is 0 Å². The lowest BCUT2D eigenvalue weighted by Gasteiger charge is -2.40. The molecule has 4 rings (SSSR count). The minimum atomic E-state index is 0.563. The first-order valence-electron chi connectivity index (χ1n) is 7.99. The first kappa shape index (κ1) is 14.0. The normalized spacial score (nSPS) is 14.8. The standard InChI is InChI=1S/C19H20N4/c1-14-6-8-20-19(10-14)22-12-17(13-22)16-4-3-5-18(11-16)23-15(2)7-9-21-23/h3-11,17H,12-13H2,1-2H3. The van der Waals surface area contributed by atoms with Gasteiger partial charge >= 0.3 is 0 Å². The predicted octanol–water partition coefficient (Wildman–Crippen LogP) is 3.49. The molecule has 4 heteroatoms. The average molecular weight is 304 g/mol. The Kier molecular flexibility index (Phi) is 3.37. The van der Waals surface area contributed by atoms with Crippen LogP contribution in [0.25, 0.3) is 5.69 Å². The predicted molar refractivity (Wildman–Crippen MR) is 92.2 cm³/mol. The number of anilines is 1. The summed E-state index contributed by atoms with van der Waals surface area (Å²) in [5.41, 5.74) is 4.93. The van der Waals surface area contributed by atoms with Crippen LogP contribution < -0.4 is 4.90 Å². The molecule has 3 aromatic rings. The van der Waals surface area contributed by atoms with Gasteiger partial charge < -0.3 is 4.90 Å². The van der Waals surface area contributed by atoms with E-state index in [0.29, 0.717) is 5.92 Å². The Morgan fingerprint density at radius 3 is 2.61 bits per heavy atom. The van der Waals surface area contributed by atoms with Crippen LogP contribution in [0.5, 0.6) is 0 Å². The van der Waals surface area contributed by atoms with Crippen LogP contribution in [0.4, 0.5) is 5.82 Å². The highest BCUT2D eigenvalue weighted by Gasteiger charge is 2.29. The summed E-state index contributed by atoms with van der Waals surface area (Å²) in [4.78, 5) is 6.81. The van der Waals surface area contributed by atoms with E-state index in [-0.39, 0.29) is 0 Å². The molecule has 1 aromatic carbocycles. The van der Waals surface area contributed by atoms with Gasteiger partial charge in [0.25, 0.3) is 0 Å². The van der Waals surface area contributed by atoms with Crippen LogP contribution in [0, 0.1) is 13.8 Å². The number of benzene rings is 1. The van der Waals surface area contributed by atoms with Gasteiger partial charge in [0.1, 0.15) is 5.82 Å². The summed E-state index contributed by atoms with van der Waals surface area (Å²) in [5, 5.41) is 4.40. The number of rotatable bonds is 3. The zero-order chi connectivity index (χ0) is 15.8. The van der Waals surface area contributed by atoms with Crippen molar-refractivity contribution in [3.05, 3.63) is 71.7 Å². The van der Waals surface area contributed by atoms with Gasteiger partial charge in [-0.3, -0.25) is 0 Å². The van der Waals surface area contributed by atoms with E-state index in [2.05, 4.69) is 59.2 Å². The van der Waals surface area contributed by atoms with Crippen molar-refractivity contribution in [3.63, 3.8) is 0 Å². The second-order valence-electron chi connectivity index (χ2n) is 6.27. The molecule has 1 saturated heterocycles. The van der Waals surface area contributed by atoms with Crippen molar-refractivity contribution in [2.24, 2.45) is 0 Å². The molecule has 0 atom stereocenters. The van der Waals surface area contributed by atoms with Crippen LogP contribution in [0.3, 0.4) is 0 Å². The Balaban J connectivity index is 1.52. The summed E-state index contributed by atoms with van der Waals surface area (Å²) >= 11 is 0. The topological polar surface area (TPSA) is 34.0 Å². The second-order valence-corrected chi connectivity index (χ2v) is 6.27. The fourth-order valence-electron chi connectivity index (χ4n) is 3.12. The van der Waals surface area contributed by atoms with Crippen LogP contribution in [-0.2, 0) is 0 Å². The molecular weight excluding hydrogens is 284 g/mol. The third-order valence-electron chi connectivity index (χ3n) is 4.52. The average Bonchev–Trinajstić information content (AvgIpc) is 2.92. The minimum absolute atomic E-state index is 0.563. The maximum absolute atomic E-state index is 4.47. The lowest BCUT2D eigenvalue weighted by atomic mass is 9.91. The van der Waals surface area contributed by atoms with Gasteiger partial charge in [-0.15, -0.1) is 0 Å². The van der Waals surface area contributed by atoms with Crippen molar-refractivity contribution in [2.45, 2.75) is 19.8 Å². The highest BCUT2D eigenvalue weighted by Crippen LogP contribution is 2.31. The van der Waals surface area contributed by atoms with Crippen molar-refractivity contribution in [3.8, 4) is 5.69 Å². The number of nitrogens with zero attached hydrogens (tertiary/aromatic N) is 4. The van der Waals surface area contributed by atoms with E-state index < -0.39 is 0 Å². The Labute approximate surface area is 136 Å². The highest BCUT2D eigenvalue weighted by atomic mass is 15.3. The van der Waals surface area contributed by atoms with Crippen LogP contribution in [-0.4, -0.2) is 27.9 Å². The maximum Gasteiger partial charge on any atom is 0.128 e. The van der Waals surface area contributed by atoms with Gasteiger partial charge in [0, 0.05) is 37.1 Å². The molecule has 4 nitrogen and oxygen atoms in total. The third-order valence-corrected chi connectivity index (χ3v) is 4.52. The molecule has 1 aliphatic heterocycles. The molecule has 116 valence electrons. The van der Waals surface area contributed by atoms with Gasteiger partial charge in [-0.2, -0.15) is 5.10 Å². The zero-order valence-corrected chi connectivity index (χ0v) is 13.5. The van der Waals surface area contributed by atoms with E-state index in [4.69, 9.17) is 0 Å². The molecule has 0 N–H and O–H groups in total. The van der Waals surface area contributed by atoms with Gasteiger partial charge in [0.2, 0.25) is 0 Å². The van der Waals surface area contributed by atoms with Crippen LogP contribution in [0.2, 0.25) is 0 Å². The van der Waals surface area contributed by atoms with Crippen molar-refractivity contribution < 1.29 is 0 Å². The van der Waals surface area contributed by atoms with Gasteiger partial charge in [-0.05, 0) is 55.3 Å². The van der Waals surface area contributed by atoms with Gasteiger partial charge in [-0.25, -0.2) is 9.67 Å². The summed E-state index contributed by atoms with van der Waals surface area (Å²) in [6.07, 6.45) is 3.73. The van der Waals surface area contributed by atoms with Crippen molar-refractivity contribution in [1.82, 2.24) is 14.8 Å². The summed E-state index contributed by atoms with van der Waals surface area (Å²) in [6.45, 7) is 6.24. The molecule has 0 spiro atoms. The monoisotopic (exact) mass is 304 g/mol. The maximum atomic E-state index is 4.47. The molecule has 0 amide bonds. The largest absolute Gasteiger partial charge is 0.355 e. The fraction of sp³-hybridized carbons (Fsp3) is 0.263. The molecule has 1 aliphatic rings. The zero-order valence-electron chi connectivity index (χ0n) is 13.5. The van der Waals surface area contributed by atoms with E-state index in [0.717, 1.165) is 30.3 Å². The summed E-state index contributed by atoms with van der Waals surface area (Å²) < 4.78 is 1.99. The number of aryl methyl sites for hydroxylation is 2. The van der Waals surface area contributed by atoms with E-state index >= 15 is 0 Å². The van der Waals surface area contributed by atoms with Crippen LogP contribution >= 0.6 is 0 Å². The van der Waals surface area contributed by atoms with Gasteiger partial charge in [0.05, 0.1) is 5.69 Å². The molecule has 0 aliphatic carbocycles. The Hall–Kier alpha value is -2.62. The summed E-state index contributed by atoms with van der Waals surface area (Å²) in [7, 11) is 0. The highest BCUT2D eigenvalue weighted by molar-refractivity contribution is 5.48. The molecule has 0 bridgehead atoms. The van der Waals surface area contributed by atoms with Crippen LogP contribution in [0.1, 0.15) is 22.7 Å². The minimum Gasteiger partial charge on any atom is -0.355 e. The first-order valence-corrected chi connectivity index (χ1v) is 7.99. The molecule has 3 heterocycles. The number of pyridine rings is 1. The number of hydrogen-bond donors (Lipinski definition) is 0. The first-order chi connectivity index (χ1) is 11.2. The van der Waals surface area contributed by atoms with Crippen molar-refractivity contribution in [2.75, 3.05) is 18.0 Å². The van der Waals surface area contributed by atoms with E-state index in [1.54, 1.807) is 0 Å². The van der Waals surface area contributed by atoms with Crippen LogP contribution in [0.15, 0.2) is 54.9 Å². The van der Waals surface area contributed by atoms with Crippen molar-refractivity contribution in [1.29, 1.82) is 0 Å². The second kappa shape index (κ2) is 5.54. The Bertz CT molecular complexity index is 831. The molecule has 0 radical (unpaired) electrons. The number of aromatic nitrogens is 3. The van der Waals surface area contributed by atoms with E-state index in [1.165, 1.54) is 11.1 Å². The lowest BCUT2D eigenvalue weighted by Crippen LogP contribution is -2.45. The molecule has 1 fully saturated rings. The third kappa shape index (κ3) is 2.61. The SMILES string of the molecule is Cc1ccnc(N2CC(c3cccc(-n4nccc4C)c3)C2)c1. The summed E-state index contributed by atoms with van der Waals surface area (Å²) in [5.74, 6) is 1.65. The molecule has 0 saturated carbocycles.